The molecule has 84 valence electrons. The van der Waals surface area contributed by atoms with Crippen LogP contribution >= 0.6 is 11.8 Å². The van der Waals surface area contributed by atoms with Crippen LogP contribution in [0.4, 0.5) is 5.82 Å². The van der Waals surface area contributed by atoms with Crippen LogP contribution in [0.5, 0.6) is 0 Å². The van der Waals surface area contributed by atoms with Gasteiger partial charge in [0.05, 0.1) is 6.61 Å². The Balaban J connectivity index is 3.02. The summed E-state index contributed by atoms with van der Waals surface area (Å²) in [7, 11) is 0. The molecule has 4 nitrogen and oxygen atoms in total. The van der Waals surface area contributed by atoms with E-state index in [1.807, 2.05) is 20.8 Å². The molecular formula is C10H17N3OS. The first-order valence-electron chi connectivity index (χ1n) is 4.94. The number of aromatic nitrogens is 2. The van der Waals surface area contributed by atoms with Gasteiger partial charge in [-0.25, -0.2) is 9.97 Å². The molecule has 5 heteroatoms. The van der Waals surface area contributed by atoms with Gasteiger partial charge >= 0.3 is 0 Å². The first-order chi connectivity index (χ1) is 7.06. The molecule has 0 atom stereocenters. The monoisotopic (exact) mass is 227 g/mol. The molecule has 1 heterocycles. The fraction of sp³-hybridized carbons (Fsp3) is 0.600. The highest BCUT2D eigenvalue weighted by atomic mass is 32.2. The van der Waals surface area contributed by atoms with Crippen molar-refractivity contribution in [3.05, 3.63) is 11.4 Å². The number of hydrogen-bond acceptors (Lipinski definition) is 5. The summed E-state index contributed by atoms with van der Waals surface area (Å²) in [4.78, 5) is 8.66. The molecule has 0 amide bonds. The quantitative estimate of drug-likeness (QED) is 0.603. The summed E-state index contributed by atoms with van der Waals surface area (Å²) >= 11 is 1.51. The molecule has 0 radical (unpaired) electrons. The van der Waals surface area contributed by atoms with Crippen LogP contribution < -0.4 is 5.73 Å². The number of anilines is 1. The molecule has 0 aliphatic carbocycles. The molecule has 3 N–H and O–H groups in total. The zero-order valence-corrected chi connectivity index (χ0v) is 10.1. The third-order valence-electron chi connectivity index (χ3n) is 2.00. The smallest absolute Gasteiger partial charge is 0.134 e. The van der Waals surface area contributed by atoms with Gasteiger partial charge in [-0.3, -0.25) is 0 Å². The third kappa shape index (κ3) is 3.07. The minimum atomic E-state index is 0.144. The van der Waals surface area contributed by atoms with Gasteiger partial charge in [-0.15, -0.1) is 11.8 Å². The number of aliphatic hydroxyl groups is 1. The molecule has 0 unspecified atom stereocenters. The van der Waals surface area contributed by atoms with E-state index in [0.717, 1.165) is 16.4 Å². The predicted molar refractivity (Wildman–Crippen MR) is 63.1 cm³/mol. The molecule has 1 rings (SSSR count). The van der Waals surface area contributed by atoms with E-state index in [1.165, 1.54) is 11.8 Å². The minimum Gasteiger partial charge on any atom is -0.396 e. The number of thioether (sulfide) groups is 1. The highest BCUT2D eigenvalue weighted by Crippen LogP contribution is 2.25. The molecule has 0 aliphatic rings. The number of nitrogen functional groups attached to an aromatic ring is 1. The largest absolute Gasteiger partial charge is 0.396 e. The van der Waals surface area contributed by atoms with Crippen LogP contribution in [0.15, 0.2) is 5.03 Å². The predicted octanol–water partition coefficient (Wildman–Crippen LogP) is 1.58. The maximum atomic E-state index is 8.77. The SMILES string of the molecule is Cc1c(N)nc(C(C)C)nc1SCCO. The van der Waals surface area contributed by atoms with Gasteiger partial charge in [-0.1, -0.05) is 13.8 Å². The minimum absolute atomic E-state index is 0.144. The Kier molecular flexibility index (Phi) is 4.35. The van der Waals surface area contributed by atoms with E-state index in [9.17, 15) is 0 Å². The Bertz CT molecular complexity index is 342. The lowest BCUT2D eigenvalue weighted by atomic mass is 10.2. The molecule has 0 bridgehead atoms. The van der Waals surface area contributed by atoms with Gasteiger partial charge in [0.1, 0.15) is 16.7 Å². The van der Waals surface area contributed by atoms with Gasteiger partial charge in [-0.2, -0.15) is 0 Å². The molecule has 0 fully saturated rings. The van der Waals surface area contributed by atoms with Crippen molar-refractivity contribution in [2.75, 3.05) is 18.1 Å². The second-order valence-corrected chi connectivity index (χ2v) is 4.71. The first-order valence-corrected chi connectivity index (χ1v) is 5.92. The lowest BCUT2D eigenvalue weighted by Crippen LogP contribution is -2.06. The van der Waals surface area contributed by atoms with Crippen molar-refractivity contribution in [1.82, 2.24) is 9.97 Å². The van der Waals surface area contributed by atoms with Crippen molar-refractivity contribution in [2.45, 2.75) is 31.7 Å². The summed E-state index contributed by atoms with van der Waals surface area (Å²) in [5, 5.41) is 9.65. The molecule has 0 saturated heterocycles. The van der Waals surface area contributed by atoms with Gasteiger partial charge in [0, 0.05) is 17.2 Å². The summed E-state index contributed by atoms with van der Waals surface area (Å²) < 4.78 is 0. The van der Waals surface area contributed by atoms with E-state index < -0.39 is 0 Å². The van der Waals surface area contributed by atoms with Gasteiger partial charge < -0.3 is 10.8 Å². The maximum absolute atomic E-state index is 8.77. The Morgan fingerprint density at radius 1 is 1.40 bits per heavy atom. The fourth-order valence-corrected chi connectivity index (χ4v) is 1.83. The molecule has 1 aromatic rings. The number of hydrogen-bond donors (Lipinski definition) is 2. The lowest BCUT2D eigenvalue weighted by molar-refractivity contribution is 0.322. The van der Waals surface area contributed by atoms with Crippen molar-refractivity contribution in [1.29, 1.82) is 0 Å². The van der Waals surface area contributed by atoms with Gasteiger partial charge in [-0.05, 0) is 6.92 Å². The van der Waals surface area contributed by atoms with Crippen LogP contribution in [-0.4, -0.2) is 27.4 Å². The van der Waals surface area contributed by atoms with Gasteiger partial charge in [0.15, 0.2) is 0 Å². The Hall–Kier alpha value is -0.810. The fourth-order valence-electron chi connectivity index (χ4n) is 1.07. The molecule has 0 aromatic carbocycles. The standard InChI is InChI=1S/C10H17N3OS/c1-6(2)9-12-8(11)7(3)10(13-9)15-5-4-14/h6,14H,4-5H2,1-3H3,(H2,11,12,13). The highest BCUT2D eigenvalue weighted by Gasteiger charge is 2.11. The van der Waals surface area contributed by atoms with Crippen molar-refractivity contribution in [3.63, 3.8) is 0 Å². The van der Waals surface area contributed by atoms with Crippen molar-refractivity contribution >= 4 is 17.6 Å². The molecule has 15 heavy (non-hydrogen) atoms. The number of aliphatic hydroxyl groups excluding tert-OH is 1. The summed E-state index contributed by atoms with van der Waals surface area (Å²) in [6.07, 6.45) is 0. The second kappa shape index (κ2) is 5.32. The average Bonchev–Trinajstić information content (AvgIpc) is 2.19. The van der Waals surface area contributed by atoms with Crippen molar-refractivity contribution in [3.8, 4) is 0 Å². The van der Waals surface area contributed by atoms with Crippen molar-refractivity contribution in [2.24, 2.45) is 0 Å². The topological polar surface area (TPSA) is 72.0 Å². The number of nitrogens with two attached hydrogens (primary N) is 1. The molecule has 0 spiro atoms. The van der Waals surface area contributed by atoms with Crippen LogP contribution in [0.25, 0.3) is 0 Å². The van der Waals surface area contributed by atoms with E-state index in [0.29, 0.717) is 11.6 Å². The van der Waals surface area contributed by atoms with E-state index >= 15 is 0 Å². The Labute approximate surface area is 94.3 Å². The highest BCUT2D eigenvalue weighted by molar-refractivity contribution is 7.99. The van der Waals surface area contributed by atoms with E-state index in [2.05, 4.69) is 9.97 Å². The average molecular weight is 227 g/mol. The number of rotatable bonds is 4. The Morgan fingerprint density at radius 2 is 2.07 bits per heavy atom. The van der Waals surface area contributed by atoms with Crippen LogP contribution in [0.3, 0.4) is 0 Å². The zero-order chi connectivity index (χ0) is 11.4. The van der Waals surface area contributed by atoms with Crippen molar-refractivity contribution < 1.29 is 5.11 Å². The zero-order valence-electron chi connectivity index (χ0n) is 9.32. The molecule has 0 aliphatic heterocycles. The van der Waals surface area contributed by atoms with Gasteiger partial charge in [0.25, 0.3) is 0 Å². The molecule has 1 aromatic heterocycles. The van der Waals surface area contributed by atoms with Gasteiger partial charge in [0.2, 0.25) is 0 Å². The van der Waals surface area contributed by atoms with Crippen LogP contribution in [0.1, 0.15) is 31.2 Å². The van der Waals surface area contributed by atoms with E-state index in [4.69, 9.17) is 10.8 Å². The third-order valence-corrected chi connectivity index (χ3v) is 3.06. The van der Waals surface area contributed by atoms with E-state index in [1.54, 1.807) is 0 Å². The molecular weight excluding hydrogens is 210 g/mol. The Morgan fingerprint density at radius 3 is 2.60 bits per heavy atom. The summed E-state index contributed by atoms with van der Waals surface area (Å²) in [5.74, 6) is 2.20. The van der Waals surface area contributed by atoms with E-state index in [-0.39, 0.29) is 12.5 Å². The molecule has 0 saturated carbocycles. The first kappa shape index (κ1) is 12.3. The summed E-state index contributed by atoms with van der Waals surface area (Å²) in [6, 6.07) is 0. The maximum Gasteiger partial charge on any atom is 0.134 e. The summed E-state index contributed by atoms with van der Waals surface area (Å²) in [5.41, 5.74) is 6.70. The van der Waals surface area contributed by atoms with Crippen LogP contribution in [-0.2, 0) is 0 Å². The summed E-state index contributed by atoms with van der Waals surface area (Å²) in [6.45, 7) is 6.11. The lowest BCUT2D eigenvalue weighted by Gasteiger charge is -2.10. The van der Waals surface area contributed by atoms with Crippen LogP contribution in [0.2, 0.25) is 0 Å². The van der Waals surface area contributed by atoms with Crippen LogP contribution in [0, 0.1) is 6.92 Å². The number of nitrogens with zero attached hydrogens (tertiary/aromatic N) is 2. The normalized spacial score (nSPS) is 11.0. The second-order valence-electron chi connectivity index (χ2n) is 3.62.